The highest BCUT2D eigenvalue weighted by Gasteiger charge is 2.16. The van der Waals surface area contributed by atoms with Crippen LogP contribution in [0.3, 0.4) is 0 Å². The van der Waals surface area contributed by atoms with Gasteiger partial charge in [-0.2, -0.15) is 0 Å². The Kier molecular flexibility index (Phi) is 5.80. The van der Waals surface area contributed by atoms with Crippen LogP contribution in [0.15, 0.2) is 18.3 Å². The minimum absolute atomic E-state index is 0.284. The number of nitrogens with one attached hydrogen (secondary N) is 1. The van der Waals surface area contributed by atoms with Gasteiger partial charge < -0.3 is 15.0 Å². The molecule has 1 aliphatic rings. The molecule has 112 valence electrons. The van der Waals surface area contributed by atoms with Gasteiger partial charge in [-0.3, -0.25) is 0 Å². The molecule has 2 rings (SSSR count). The minimum atomic E-state index is 0.284. The Morgan fingerprint density at radius 3 is 3.00 bits per heavy atom. The third-order valence-corrected chi connectivity index (χ3v) is 3.47. The molecule has 0 saturated carbocycles. The second-order valence-corrected chi connectivity index (χ2v) is 6.03. The summed E-state index contributed by atoms with van der Waals surface area (Å²) in [6.45, 7) is 11.3. The Bertz CT molecular complexity index is 391. The number of hydrogen-bond donors (Lipinski definition) is 1. The van der Waals surface area contributed by atoms with Crippen LogP contribution in [-0.2, 0) is 11.3 Å². The summed E-state index contributed by atoms with van der Waals surface area (Å²) in [6, 6.07) is 4.30. The average molecular weight is 277 g/mol. The van der Waals surface area contributed by atoms with Crippen molar-refractivity contribution in [1.29, 1.82) is 0 Å². The summed E-state index contributed by atoms with van der Waals surface area (Å²) in [6.07, 6.45) is 3.34. The van der Waals surface area contributed by atoms with E-state index in [-0.39, 0.29) is 6.10 Å². The van der Waals surface area contributed by atoms with Crippen LogP contribution in [-0.4, -0.2) is 37.3 Å². The number of pyridine rings is 1. The van der Waals surface area contributed by atoms with Crippen LogP contribution in [0, 0.1) is 5.92 Å². The van der Waals surface area contributed by atoms with E-state index in [1.807, 2.05) is 6.20 Å². The van der Waals surface area contributed by atoms with Crippen molar-refractivity contribution in [1.82, 2.24) is 10.3 Å². The average Bonchev–Trinajstić information content (AvgIpc) is 2.64. The van der Waals surface area contributed by atoms with Crippen LogP contribution >= 0.6 is 0 Å². The number of hydrogen-bond acceptors (Lipinski definition) is 4. The fourth-order valence-electron chi connectivity index (χ4n) is 2.42. The maximum atomic E-state index is 5.67. The lowest BCUT2D eigenvalue weighted by atomic mass is 10.2. The molecule has 1 N–H and O–H groups in total. The second kappa shape index (κ2) is 7.60. The normalized spacial score (nSPS) is 20.2. The van der Waals surface area contributed by atoms with Gasteiger partial charge in [-0.05, 0) is 37.4 Å². The van der Waals surface area contributed by atoms with E-state index in [4.69, 9.17) is 4.74 Å². The number of aromatic nitrogens is 1. The first kappa shape index (κ1) is 15.3. The Morgan fingerprint density at radius 1 is 1.45 bits per heavy atom. The van der Waals surface area contributed by atoms with E-state index in [1.54, 1.807) is 0 Å². The first-order chi connectivity index (χ1) is 9.65. The third-order valence-electron chi connectivity index (χ3n) is 3.47. The molecule has 20 heavy (non-hydrogen) atoms. The van der Waals surface area contributed by atoms with Gasteiger partial charge in [0.05, 0.1) is 6.10 Å². The molecule has 2 heterocycles. The summed E-state index contributed by atoms with van der Waals surface area (Å²) in [5.41, 5.74) is 1.24. The monoisotopic (exact) mass is 277 g/mol. The Labute approximate surface area is 122 Å². The van der Waals surface area contributed by atoms with Crippen LogP contribution in [0.4, 0.5) is 5.82 Å². The summed E-state index contributed by atoms with van der Waals surface area (Å²) in [7, 11) is 0. The van der Waals surface area contributed by atoms with Crippen LogP contribution in [0.25, 0.3) is 0 Å². The van der Waals surface area contributed by atoms with Crippen molar-refractivity contribution in [3.05, 3.63) is 23.9 Å². The molecule has 1 aliphatic heterocycles. The Morgan fingerprint density at radius 2 is 2.30 bits per heavy atom. The minimum Gasteiger partial charge on any atom is -0.377 e. The fourth-order valence-corrected chi connectivity index (χ4v) is 2.42. The zero-order chi connectivity index (χ0) is 14.4. The molecule has 0 aliphatic carbocycles. The molecule has 0 aromatic carbocycles. The van der Waals surface area contributed by atoms with Crippen molar-refractivity contribution < 1.29 is 4.74 Å². The molecular weight excluding hydrogens is 250 g/mol. The van der Waals surface area contributed by atoms with Gasteiger partial charge in [0, 0.05) is 32.4 Å². The van der Waals surface area contributed by atoms with E-state index >= 15 is 0 Å². The highest BCUT2D eigenvalue weighted by atomic mass is 16.5. The molecule has 1 fully saturated rings. The fraction of sp³-hybridized carbons (Fsp3) is 0.688. The highest BCUT2D eigenvalue weighted by Crippen LogP contribution is 2.15. The molecule has 4 nitrogen and oxygen atoms in total. The van der Waals surface area contributed by atoms with Crippen LogP contribution < -0.4 is 10.2 Å². The van der Waals surface area contributed by atoms with Gasteiger partial charge >= 0.3 is 0 Å². The molecule has 4 heteroatoms. The smallest absolute Gasteiger partial charge is 0.128 e. The van der Waals surface area contributed by atoms with Gasteiger partial charge in [-0.1, -0.05) is 19.9 Å². The van der Waals surface area contributed by atoms with Gasteiger partial charge in [-0.25, -0.2) is 4.98 Å². The van der Waals surface area contributed by atoms with E-state index < -0.39 is 0 Å². The number of rotatable bonds is 5. The van der Waals surface area contributed by atoms with Crippen molar-refractivity contribution in [2.45, 2.75) is 39.8 Å². The molecule has 1 unspecified atom stereocenters. The lowest BCUT2D eigenvalue weighted by molar-refractivity contribution is 0.0820. The van der Waals surface area contributed by atoms with Crippen molar-refractivity contribution in [2.75, 3.05) is 31.1 Å². The third kappa shape index (κ3) is 4.76. The zero-order valence-corrected chi connectivity index (χ0v) is 12.9. The quantitative estimate of drug-likeness (QED) is 0.897. The number of ether oxygens (including phenoxy) is 1. The second-order valence-electron chi connectivity index (χ2n) is 6.03. The van der Waals surface area contributed by atoms with Gasteiger partial charge in [0.25, 0.3) is 0 Å². The zero-order valence-electron chi connectivity index (χ0n) is 12.9. The molecule has 0 bridgehead atoms. The molecule has 1 saturated heterocycles. The molecule has 0 amide bonds. The predicted molar refractivity (Wildman–Crippen MR) is 83.0 cm³/mol. The van der Waals surface area contributed by atoms with E-state index in [2.05, 4.69) is 48.1 Å². The first-order valence-corrected chi connectivity index (χ1v) is 7.67. The lowest BCUT2D eigenvalue weighted by Crippen LogP contribution is -2.30. The van der Waals surface area contributed by atoms with Crippen molar-refractivity contribution in [3.63, 3.8) is 0 Å². The predicted octanol–water partition coefficient (Wildman–Crippen LogP) is 2.44. The summed E-state index contributed by atoms with van der Waals surface area (Å²) in [5.74, 6) is 1.75. The van der Waals surface area contributed by atoms with Crippen molar-refractivity contribution >= 4 is 5.82 Å². The summed E-state index contributed by atoms with van der Waals surface area (Å²) >= 11 is 0. The van der Waals surface area contributed by atoms with Gasteiger partial charge in [0.1, 0.15) is 5.82 Å². The summed E-state index contributed by atoms with van der Waals surface area (Å²) in [4.78, 5) is 6.93. The topological polar surface area (TPSA) is 37.4 Å². The molecule has 0 spiro atoms. The maximum Gasteiger partial charge on any atom is 0.128 e. The molecule has 0 radical (unpaired) electrons. The van der Waals surface area contributed by atoms with Gasteiger partial charge in [0.2, 0.25) is 0 Å². The van der Waals surface area contributed by atoms with Crippen LogP contribution in [0.2, 0.25) is 0 Å². The van der Waals surface area contributed by atoms with Crippen LogP contribution in [0.5, 0.6) is 0 Å². The van der Waals surface area contributed by atoms with E-state index in [0.29, 0.717) is 5.92 Å². The van der Waals surface area contributed by atoms with Crippen molar-refractivity contribution in [2.24, 2.45) is 5.92 Å². The first-order valence-electron chi connectivity index (χ1n) is 7.67. The standard InChI is InChI=1S/C16H27N3O/c1-13(2)9-17-10-15-5-6-16(18-11-15)19-7-4-8-20-14(3)12-19/h5-6,11,13-14,17H,4,7-10,12H2,1-3H3. The molecule has 1 aromatic heterocycles. The Hall–Kier alpha value is -1.13. The van der Waals surface area contributed by atoms with Gasteiger partial charge in [-0.15, -0.1) is 0 Å². The molecule has 1 atom stereocenters. The maximum absolute atomic E-state index is 5.67. The summed E-state index contributed by atoms with van der Waals surface area (Å²) in [5, 5.41) is 3.44. The van der Waals surface area contributed by atoms with E-state index in [9.17, 15) is 0 Å². The van der Waals surface area contributed by atoms with E-state index in [0.717, 1.165) is 45.0 Å². The van der Waals surface area contributed by atoms with Gasteiger partial charge in [0.15, 0.2) is 0 Å². The van der Waals surface area contributed by atoms with Crippen molar-refractivity contribution in [3.8, 4) is 0 Å². The summed E-state index contributed by atoms with van der Waals surface area (Å²) < 4.78 is 5.67. The number of nitrogens with zero attached hydrogens (tertiary/aromatic N) is 2. The highest BCUT2D eigenvalue weighted by molar-refractivity contribution is 5.39. The van der Waals surface area contributed by atoms with E-state index in [1.165, 1.54) is 5.56 Å². The van der Waals surface area contributed by atoms with Crippen LogP contribution in [0.1, 0.15) is 32.8 Å². The Balaban J connectivity index is 1.90. The number of anilines is 1. The molecular formula is C16H27N3O. The largest absolute Gasteiger partial charge is 0.377 e. The SMILES string of the molecule is CC(C)CNCc1ccc(N2CCCOC(C)C2)nc1. The molecule has 1 aromatic rings. The lowest BCUT2D eigenvalue weighted by Gasteiger charge is -2.23.